The van der Waals surface area contributed by atoms with Gasteiger partial charge in [0.2, 0.25) is 0 Å². The lowest BCUT2D eigenvalue weighted by Crippen LogP contribution is -2.26. The molecular formula is C27H22Cl2FN3O3S. The Bertz CT molecular complexity index is 1410. The van der Waals surface area contributed by atoms with Crippen LogP contribution in [0.15, 0.2) is 72.1 Å². The highest BCUT2D eigenvalue weighted by Crippen LogP contribution is 2.32. The topological polar surface area (TPSA) is 82.5 Å². The molecule has 0 bridgehead atoms. The summed E-state index contributed by atoms with van der Waals surface area (Å²) in [5.74, 6) is -1.65. The summed E-state index contributed by atoms with van der Waals surface area (Å²) in [6.45, 7) is 0.992. The maximum atomic E-state index is 14.3. The Hall–Kier alpha value is -3.46. The molecule has 0 unspecified atom stereocenters. The zero-order valence-corrected chi connectivity index (χ0v) is 21.8. The van der Waals surface area contributed by atoms with Gasteiger partial charge in [-0.25, -0.2) is 9.37 Å². The van der Waals surface area contributed by atoms with E-state index >= 15 is 0 Å². The lowest BCUT2D eigenvalue weighted by molar-refractivity contribution is -0.136. The van der Waals surface area contributed by atoms with E-state index in [0.29, 0.717) is 45.1 Å². The van der Waals surface area contributed by atoms with Gasteiger partial charge in [-0.05, 0) is 47.5 Å². The quantitative estimate of drug-likeness (QED) is 0.227. The second-order valence-electron chi connectivity index (χ2n) is 8.20. The second kappa shape index (κ2) is 12.2. The minimum atomic E-state index is -0.974. The highest BCUT2D eigenvalue weighted by molar-refractivity contribution is 7.14. The number of nitrogens with one attached hydrogen (secondary N) is 1. The standard InChI is InChI=1S/C27H22Cl2FN3O3S/c28-21-10-7-18(13-22(21)29)15-33(27-32-24(16-37-27)20-3-1-2-4-23(20)30)14-17-5-8-19(9-6-17)26(36)31-12-11-25(34)35/h1-10,13,16H,11-12,14-15H2,(H,31,36)(H,34,35). The van der Waals surface area contributed by atoms with E-state index in [1.165, 1.54) is 17.4 Å². The van der Waals surface area contributed by atoms with Crippen molar-refractivity contribution in [3.05, 3.63) is 105 Å². The van der Waals surface area contributed by atoms with Gasteiger partial charge in [-0.3, -0.25) is 9.59 Å². The molecule has 4 aromatic rings. The molecule has 0 saturated carbocycles. The van der Waals surface area contributed by atoms with Gasteiger partial charge in [0.1, 0.15) is 5.82 Å². The van der Waals surface area contributed by atoms with E-state index in [9.17, 15) is 14.0 Å². The third-order valence-corrected chi connectivity index (χ3v) is 7.12. The molecule has 0 atom stereocenters. The zero-order valence-electron chi connectivity index (χ0n) is 19.5. The maximum absolute atomic E-state index is 14.3. The Morgan fingerprint density at radius 1 is 0.973 bits per heavy atom. The van der Waals surface area contributed by atoms with Crippen LogP contribution in [-0.4, -0.2) is 28.5 Å². The maximum Gasteiger partial charge on any atom is 0.305 e. The van der Waals surface area contributed by atoms with Crippen molar-refractivity contribution in [2.75, 3.05) is 11.4 Å². The van der Waals surface area contributed by atoms with Gasteiger partial charge in [0.15, 0.2) is 5.13 Å². The molecule has 0 saturated heterocycles. The summed E-state index contributed by atoms with van der Waals surface area (Å²) in [7, 11) is 0. The summed E-state index contributed by atoms with van der Waals surface area (Å²) in [6.07, 6.45) is -0.143. The molecule has 0 fully saturated rings. The number of carboxylic acid groups (broad SMARTS) is 1. The molecule has 0 spiro atoms. The van der Waals surface area contributed by atoms with Crippen molar-refractivity contribution < 1.29 is 19.1 Å². The fourth-order valence-electron chi connectivity index (χ4n) is 3.62. The van der Waals surface area contributed by atoms with Crippen molar-refractivity contribution in [3.8, 4) is 11.3 Å². The van der Waals surface area contributed by atoms with E-state index in [1.807, 2.05) is 28.5 Å². The first-order valence-corrected chi connectivity index (χ1v) is 12.9. The summed E-state index contributed by atoms with van der Waals surface area (Å²) < 4.78 is 14.3. The predicted octanol–water partition coefficient (Wildman–Crippen LogP) is 6.67. The molecular weight excluding hydrogens is 536 g/mol. The van der Waals surface area contributed by atoms with Crippen molar-refractivity contribution in [1.29, 1.82) is 0 Å². The van der Waals surface area contributed by atoms with E-state index in [1.54, 1.807) is 42.5 Å². The highest BCUT2D eigenvalue weighted by atomic mass is 35.5. The number of aromatic nitrogens is 1. The molecule has 1 amide bonds. The number of aliphatic carboxylic acids is 1. The Morgan fingerprint density at radius 3 is 2.38 bits per heavy atom. The van der Waals surface area contributed by atoms with Crippen molar-refractivity contribution in [1.82, 2.24) is 10.3 Å². The molecule has 190 valence electrons. The number of carbonyl (C=O) groups is 2. The van der Waals surface area contributed by atoms with Crippen LogP contribution >= 0.6 is 34.5 Å². The van der Waals surface area contributed by atoms with Gasteiger partial charge in [-0.2, -0.15) is 0 Å². The minimum Gasteiger partial charge on any atom is -0.481 e. The van der Waals surface area contributed by atoms with Crippen LogP contribution in [0.25, 0.3) is 11.3 Å². The fraction of sp³-hybridized carbons (Fsp3) is 0.148. The van der Waals surface area contributed by atoms with E-state index in [2.05, 4.69) is 5.32 Å². The van der Waals surface area contributed by atoms with Crippen LogP contribution in [0.2, 0.25) is 10.0 Å². The molecule has 1 heterocycles. The van der Waals surface area contributed by atoms with Crippen molar-refractivity contribution in [3.63, 3.8) is 0 Å². The van der Waals surface area contributed by atoms with E-state index in [0.717, 1.165) is 11.1 Å². The molecule has 2 N–H and O–H groups in total. The van der Waals surface area contributed by atoms with Gasteiger partial charge in [-0.1, -0.05) is 53.5 Å². The average Bonchev–Trinajstić information content (AvgIpc) is 3.36. The number of benzene rings is 3. The van der Waals surface area contributed by atoms with Crippen molar-refractivity contribution >= 4 is 51.5 Å². The smallest absolute Gasteiger partial charge is 0.305 e. The summed E-state index contributed by atoms with van der Waals surface area (Å²) in [5, 5.41) is 14.7. The Balaban J connectivity index is 1.56. The van der Waals surface area contributed by atoms with Crippen molar-refractivity contribution in [2.24, 2.45) is 0 Å². The number of thiazole rings is 1. The van der Waals surface area contributed by atoms with Crippen LogP contribution in [0.3, 0.4) is 0 Å². The molecule has 0 aliphatic carbocycles. The third kappa shape index (κ3) is 7.07. The molecule has 0 aliphatic rings. The predicted molar refractivity (Wildman–Crippen MR) is 145 cm³/mol. The number of halogens is 3. The first kappa shape index (κ1) is 26.6. The van der Waals surface area contributed by atoms with Crippen molar-refractivity contribution in [2.45, 2.75) is 19.5 Å². The molecule has 6 nitrogen and oxygen atoms in total. The van der Waals surface area contributed by atoms with E-state index < -0.39 is 5.97 Å². The van der Waals surface area contributed by atoms with Gasteiger partial charge in [-0.15, -0.1) is 11.3 Å². The van der Waals surface area contributed by atoms with Crippen LogP contribution in [-0.2, 0) is 17.9 Å². The lowest BCUT2D eigenvalue weighted by Gasteiger charge is -2.22. The number of anilines is 1. The molecule has 0 aliphatic heterocycles. The Morgan fingerprint density at radius 2 is 1.68 bits per heavy atom. The summed E-state index contributed by atoms with van der Waals surface area (Å²) in [4.78, 5) is 29.7. The first-order chi connectivity index (χ1) is 17.8. The fourth-order valence-corrected chi connectivity index (χ4v) is 4.77. The number of carboxylic acids is 1. The number of hydrogen-bond donors (Lipinski definition) is 2. The molecule has 0 radical (unpaired) electrons. The van der Waals surface area contributed by atoms with Gasteiger partial charge >= 0.3 is 5.97 Å². The van der Waals surface area contributed by atoms with Gasteiger partial charge in [0.05, 0.1) is 22.2 Å². The monoisotopic (exact) mass is 557 g/mol. The Labute approximate surface area is 227 Å². The summed E-state index contributed by atoms with van der Waals surface area (Å²) >= 11 is 13.7. The average molecular weight is 558 g/mol. The zero-order chi connectivity index (χ0) is 26.4. The number of rotatable bonds is 10. The van der Waals surface area contributed by atoms with Crippen LogP contribution in [0.5, 0.6) is 0 Å². The first-order valence-electron chi connectivity index (χ1n) is 11.3. The van der Waals surface area contributed by atoms with Crippen LogP contribution < -0.4 is 10.2 Å². The largest absolute Gasteiger partial charge is 0.481 e. The molecule has 1 aromatic heterocycles. The SMILES string of the molecule is O=C(O)CCNC(=O)c1ccc(CN(Cc2ccc(Cl)c(Cl)c2)c2nc(-c3ccccc3F)cs2)cc1. The van der Waals surface area contributed by atoms with E-state index in [4.69, 9.17) is 33.3 Å². The van der Waals surface area contributed by atoms with Gasteiger partial charge < -0.3 is 15.3 Å². The van der Waals surface area contributed by atoms with Gasteiger partial charge in [0.25, 0.3) is 5.91 Å². The molecule has 10 heteroatoms. The van der Waals surface area contributed by atoms with Crippen LogP contribution in [0.4, 0.5) is 9.52 Å². The minimum absolute atomic E-state index is 0.0573. The molecule has 4 rings (SSSR count). The normalized spacial score (nSPS) is 10.8. The third-order valence-electron chi connectivity index (χ3n) is 5.48. The number of amides is 1. The number of nitrogens with zero attached hydrogens (tertiary/aromatic N) is 2. The van der Waals surface area contributed by atoms with Crippen LogP contribution in [0, 0.1) is 5.82 Å². The molecule has 3 aromatic carbocycles. The number of hydrogen-bond acceptors (Lipinski definition) is 5. The Kier molecular flexibility index (Phi) is 8.76. The highest BCUT2D eigenvalue weighted by Gasteiger charge is 2.16. The summed E-state index contributed by atoms with van der Waals surface area (Å²) in [5.41, 5.74) is 3.25. The number of carbonyl (C=O) groups excluding carboxylic acids is 1. The summed E-state index contributed by atoms with van der Waals surface area (Å²) in [6, 6.07) is 19.0. The van der Waals surface area contributed by atoms with Gasteiger partial charge in [0, 0.05) is 36.1 Å². The van der Waals surface area contributed by atoms with Crippen LogP contribution in [0.1, 0.15) is 27.9 Å². The second-order valence-corrected chi connectivity index (χ2v) is 9.85. The van der Waals surface area contributed by atoms with E-state index in [-0.39, 0.29) is 24.7 Å². The lowest BCUT2D eigenvalue weighted by atomic mass is 10.1. The molecule has 37 heavy (non-hydrogen) atoms.